The SMILES string of the molecule is CN1CCN(C(=O)NCc2ccc(C(=O)NNC(=O)C(F)F)cc2F)C(c2ccc(Br)cc2)C1. The highest BCUT2D eigenvalue weighted by Gasteiger charge is 2.30. The fourth-order valence-electron chi connectivity index (χ4n) is 3.48. The molecule has 0 bridgehead atoms. The first-order valence-electron chi connectivity index (χ1n) is 10.3. The monoisotopic (exact) mass is 541 g/mol. The van der Waals surface area contributed by atoms with Crippen LogP contribution in [0.15, 0.2) is 46.9 Å². The molecule has 1 aliphatic rings. The Balaban J connectivity index is 1.62. The molecule has 1 saturated heterocycles. The van der Waals surface area contributed by atoms with Crippen molar-refractivity contribution in [1.82, 2.24) is 26.0 Å². The van der Waals surface area contributed by atoms with Crippen LogP contribution in [0.1, 0.15) is 27.5 Å². The molecule has 1 aliphatic heterocycles. The number of carbonyl (C=O) groups is 3. The second-order valence-electron chi connectivity index (χ2n) is 7.73. The van der Waals surface area contributed by atoms with Crippen LogP contribution in [0.5, 0.6) is 0 Å². The Morgan fingerprint density at radius 3 is 2.44 bits per heavy atom. The second kappa shape index (κ2) is 11.3. The molecule has 34 heavy (non-hydrogen) atoms. The van der Waals surface area contributed by atoms with Gasteiger partial charge in [0.15, 0.2) is 0 Å². The lowest BCUT2D eigenvalue weighted by Crippen LogP contribution is -2.52. The van der Waals surface area contributed by atoms with E-state index in [1.165, 1.54) is 17.6 Å². The molecule has 1 atom stereocenters. The lowest BCUT2D eigenvalue weighted by molar-refractivity contribution is -0.132. The summed E-state index contributed by atoms with van der Waals surface area (Å²) in [5.74, 6) is -3.41. The van der Waals surface area contributed by atoms with Gasteiger partial charge in [-0.1, -0.05) is 34.1 Å². The van der Waals surface area contributed by atoms with E-state index in [-0.39, 0.29) is 29.7 Å². The van der Waals surface area contributed by atoms with Crippen molar-refractivity contribution in [2.45, 2.75) is 19.0 Å². The van der Waals surface area contributed by atoms with E-state index in [9.17, 15) is 27.6 Å². The van der Waals surface area contributed by atoms with Gasteiger partial charge in [-0.15, -0.1) is 0 Å². The number of piperazine rings is 1. The molecule has 182 valence electrons. The van der Waals surface area contributed by atoms with Gasteiger partial charge in [-0.2, -0.15) is 8.78 Å². The Morgan fingerprint density at radius 2 is 1.79 bits per heavy atom. The molecule has 0 aromatic heterocycles. The van der Waals surface area contributed by atoms with E-state index in [2.05, 4.69) is 26.1 Å². The molecule has 1 heterocycles. The molecule has 2 aromatic carbocycles. The number of alkyl halides is 2. The van der Waals surface area contributed by atoms with E-state index in [1.54, 1.807) is 10.3 Å². The molecule has 12 heteroatoms. The van der Waals surface area contributed by atoms with E-state index in [0.717, 1.165) is 16.1 Å². The van der Waals surface area contributed by atoms with Gasteiger partial charge in [0.2, 0.25) is 0 Å². The predicted octanol–water partition coefficient (Wildman–Crippen LogP) is 2.81. The van der Waals surface area contributed by atoms with Gasteiger partial charge in [-0.25, -0.2) is 9.18 Å². The van der Waals surface area contributed by atoms with E-state index >= 15 is 0 Å². The highest BCUT2D eigenvalue weighted by Crippen LogP contribution is 2.26. The number of hydrogen-bond donors (Lipinski definition) is 3. The van der Waals surface area contributed by atoms with Crippen molar-refractivity contribution in [2.24, 2.45) is 0 Å². The number of carbonyl (C=O) groups excluding carboxylic acids is 3. The summed E-state index contributed by atoms with van der Waals surface area (Å²) in [6, 6.07) is 10.6. The first kappa shape index (κ1) is 25.5. The Labute approximate surface area is 202 Å². The average molecular weight is 542 g/mol. The van der Waals surface area contributed by atoms with Gasteiger partial charge >= 0.3 is 18.4 Å². The number of nitrogens with zero attached hydrogens (tertiary/aromatic N) is 2. The van der Waals surface area contributed by atoms with E-state index in [1.807, 2.05) is 31.3 Å². The zero-order chi connectivity index (χ0) is 24.8. The van der Waals surface area contributed by atoms with Crippen molar-refractivity contribution in [1.29, 1.82) is 0 Å². The lowest BCUT2D eigenvalue weighted by atomic mass is 10.0. The topological polar surface area (TPSA) is 93.8 Å². The van der Waals surface area contributed by atoms with E-state index in [4.69, 9.17) is 0 Å². The van der Waals surface area contributed by atoms with Crippen LogP contribution in [0.2, 0.25) is 0 Å². The van der Waals surface area contributed by atoms with Gasteiger partial charge in [0.25, 0.3) is 5.91 Å². The number of likely N-dealkylation sites (N-methyl/N-ethyl adjacent to an activating group) is 1. The van der Waals surface area contributed by atoms with Gasteiger partial charge in [-0.3, -0.25) is 20.4 Å². The van der Waals surface area contributed by atoms with Crippen molar-refractivity contribution in [3.05, 3.63) is 69.4 Å². The zero-order valence-corrected chi connectivity index (χ0v) is 19.7. The molecule has 0 radical (unpaired) electrons. The Kier molecular flexibility index (Phi) is 8.51. The van der Waals surface area contributed by atoms with E-state index in [0.29, 0.717) is 19.6 Å². The van der Waals surface area contributed by atoms with Crippen LogP contribution < -0.4 is 16.2 Å². The smallest absolute Gasteiger partial charge is 0.318 e. The van der Waals surface area contributed by atoms with Crippen molar-refractivity contribution in [3.8, 4) is 0 Å². The minimum atomic E-state index is -3.30. The highest BCUT2D eigenvalue weighted by atomic mass is 79.9. The molecule has 1 fully saturated rings. The molecule has 3 rings (SSSR count). The number of halogens is 4. The van der Waals surface area contributed by atoms with E-state index < -0.39 is 24.1 Å². The van der Waals surface area contributed by atoms with Gasteiger partial charge in [-0.05, 0) is 36.9 Å². The third kappa shape index (κ3) is 6.48. The number of rotatable bonds is 5. The number of urea groups is 1. The molecule has 2 aromatic rings. The van der Waals surface area contributed by atoms with Crippen LogP contribution in [0, 0.1) is 5.82 Å². The van der Waals surface area contributed by atoms with Crippen LogP contribution in [-0.4, -0.2) is 60.8 Å². The molecule has 4 amide bonds. The standard InChI is InChI=1S/C22H23BrF3N5O3/c1-30-8-9-31(18(12-30)13-4-6-16(23)7-5-13)22(34)27-11-15-3-2-14(10-17(15)24)20(32)28-29-21(33)19(25)26/h2-7,10,18-19H,8-9,11-12H2,1H3,(H,27,34)(H,28,32)(H,29,33). The summed E-state index contributed by atoms with van der Waals surface area (Å²) in [6.07, 6.45) is -3.30. The first-order chi connectivity index (χ1) is 16.2. The van der Waals surface area contributed by atoms with Gasteiger partial charge in [0, 0.05) is 41.8 Å². The Bertz CT molecular complexity index is 1050. The summed E-state index contributed by atoms with van der Waals surface area (Å²) in [5, 5.41) is 2.72. The first-order valence-corrected chi connectivity index (χ1v) is 11.1. The largest absolute Gasteiger partial charge is 0.334 e. The van der Waals surface area contributed by atoms with Crippen LogP contribution >= 0.6 is 15.9 Å². The van der Waals surface area contributed by atoms with Gasteiger partial charge in [0.05, 0.1) is 6.04 Å². The predicted molar refractivity (Wildman–Crippen MR) is 121 cm³/mol. The summed E-state index contributed by atoms with van der Waals surface area (Å²) >= 11 is 3.41. The number of hydrogen-bond acceptors (Lipinski definition) is 4. The minimum Gasteiger partial charge on any atom is -0.334 e. The maximum absolute atomic E-state index is 14.5. The summed E-state index contributed by atoms with van der Waals surface area (Å²) in [7, 11) is 1.98. The van der Waals surface area contributed by atoms with Crippen LogP contribution in [-0.2, 0) is 11.3 Å². The summed E-state index contributed by atoms with van der Waals surface area (Å²) in [5.41, 5.74) is 4.24. The quantitative estimate of drug-likeness (QED) is 0.507. The number of hydrazine groups is 1. The minimum absolute atomic E-state index is 0.117. The number of benzene rings is 2. The Morgan fingerprint density at radius 1 is 1.09 bits per heavy atom. The van der Waals surface area contributed by atoms with Crippen molar-refractivity contribution in [2.75, 3.05) is 26.7 Å². The molecule has 1 unspecified atom stereocenters. The molecule has 3 N–H and O–H groups in total. The van der Waals surface area contributed by atoms with Gasteiger partial charge in [0.1, 0.15) is 5.82 Å². The average Bonchev–Trinajstić information content (AvgIpc) is 2.81. The Hall–Kier alpha value is -3.12. The summed E-state index contributed by atoms with van der Waals surface area (Å²) in [4.78, 5) is 39.5. The fourth-order valence-corrected chi connectivity index (χ4v) is 3.75. The zero-order valence-electron chi connectivity index (χ0n) is 18.2. The van der Waals surface area contributed by atoms with Crippen LogP contribution in [0.4, 0.5) is 18.0 Å². The second-order valence-corrected chi connectivity index (χ2v) is 8.65. The fraction of sp³-hybridized carbons (Fsp3) is 0.318. The number of nitrogens with one attached hydrogen (secondary N) is 3. The van der Waals surface area contributed by atoms with Crippen molar-refractivity contribution >= 4 is 33.8 Å². The molecule has 0 aliphatic carbocycles. The van der Waals surface area contributed by atoms with Gasteiger partial charge < -0.3 is 15.1 Å². The maximum Gasteiger partial charge on any atom is 0.318 e. The lowest BCUT2D eigenvalue weighted by Gasteiger charge is -2.40. The molecular weight excluding hydrogens is 519 g/mol. The summed E-state index contributed by atoms with van der Waals surface area (Å²) in [6.45, 7) is 1.72. The number of amides is 4. The van der Waals surface area contributed by atoms with Crippen molar-refractivity contribution in [3.63, 3.8) is 0 Å². The summed E-state index contributed by atoms with van der Waals surface area (Å²) < 4.78 is 39.8. The molecule has 8 nitrogen and oxygen atoms in total. The third-order valence-corrected chi connectivity index (χ3v) is 5.87. The highest BCUT2D eigenvalue weighted by molar-refractivity contribution is 9.10. The normalized spacial score (nSPS) is 16.3. The van der Waals surface area contributed by atoms with Crippen LogP contribution in [0.25, 0.3) is 0 Å². The molecular formula is C22H23BrF3N5O3. The molecule has 0 spiro atoms. The molecule has 0 saturated carbocycles. The maximum atomic E-state index is 14.5. The van der Waals surface area contributed by atoms with Crippen molar-refractivity contribution < 1.29 is 27.6 Å². The third-order valence-electron chi connectivity index (χ3n) is 5.34. The van der Waals surface area contributed by atoms with Crippen LogP contribution in [0.3, 0.4) is 0 Å².